The Hall–Kier alpha value is -2.11. The number of nitrogens with zero attached hydrogens (tertiary/aromatic N) is 5. The van der Waals surface area contributed by atoms with Crippen molar-refractivity contribution in [1.82, 2.24) is 30.2 Å². The molecule has 0 bridgehead atoms. The Morgan fingerprint density at radius 2 is 1.90 bits per heavy atom. The summed E-state index contributed by atoms with van der Waals surface area (Å²) in [6.45, 7) is 5.21. The highest BCUT2D eigenvalue weighted by Crippen LogP contribution is 2.18. The third-order valence-corrected chi connectivity index (χ3v) is 4.67. The molecule has 10 heteroatoms. The molecule has 0 aliphatic rings. The van der Waals surface area contributed by atoms with Crippen LogP contribution < -0.4 is 10.6 Å². The minimum Gasteiger partial charge on any atom is -0.383 e. The SMILES string of the molecule is CCNC(=NCc1cnn(-c2ccc(Cl)cc2)c1)NCC(C)(O)c1cnn(C)c1.I. The maximum Gasteiger partial charge on any atom is 0.191 e. The average molecular weight is 544 g/mol. The zero-order chi connectivity index (χ0) is 20.9. The van der Waals surface area contributed by atoms with Crippen LogP contribution in [0.5, 0.6) is 0 Å². The molecule has 3 aromatic rings. The Morgan fingerprint density at radius 3 is 2.53 bits per heavy atom. The Bertz CT molecular complexity index is 966. The van der Waals surface area contributed by atoms with E-state index in [-0.39, 0.29) is 24.0 Å². The van der Waals surface area contributed by atoms with E-state index in [9.17, 15) is 5.11 Å². The van der Waals surface area contributed by atoms with Crippen molar-refractivity contribution in [2.75, 3.05) is 13.1 Å². The molecule has 0 spiro atoms. The molecule has 1 atom stereocenters. The first-order chi connectivity index (χ1) is 13.9. The molecule has 3 rings (SSSR count). The van der Waals surface area contributed by atoms with Crippen molar-refractivity contribution in [3.05, 3.63) is 65.2 Å². The maximum absolute atomic E-state index is 10.7. The van der Waals surface area contributed by atoms with E-state index in [0.717, 1.165) is 16.8 Å². The molecule has 0 aliphatic carbocycles. The number of halogens is 2. The second kappa shape index (κ2) is 10.8. The van der Waals surface area contributed by atoms with Gasteiger partial charge >= 0.3 is 0 Å². The Morgan fingerprint density at radius 1 is 1.17 bits per heavy atom. The van der Waals surface area contributed by atoms with Gasteiger partial charge in [-0.05, 0) is 38.1 Å². The maximum atomic E-state index is 10.7. The van der Waals surface area contributed by atoms with Crippen LogP contribution in [0.25, 0.3) is 5.69 Å². The molecule has 2 heterocycles. The minimum absolute atomic E-state index is 0. The van der Waals surface area contributed by atoms with Gasteiger partial charge in [-0.1, -0.05) is 11.6 Å². The number of guanidine groups is 1. The first kappa shape index (κ1) is 24.2. The second-order valence-corrected chi connectivity index (χ2v) is 7.43. The average Bonchev–Trinajstić information content (AvgIpc) is 3.34. The molecule has 1 aromatic carbocycles. The van der Waals surface area contributed by atoms with Crippen LogP contribution in [0, 0.1) is 0 Å². The van der Waals surface area contributed by atoms with Crippen LogP contribution >= 0.6 is 35.6 Å². The quantitative estimate of drug-likeness (QED) is 0.242. The number of aliphatic hydroxyl groups is 1. The number of aryl methyl sites for hydroxylation is 1. The molecule has 0 aliphatic heterocycles. The van der Waals surface area contributed by atoms with Crippen LogP contribution in [0.2, 0.25) is 5.02 Å². The fourth-order valence-electron chi connectivity index (χ4n) is 2.75. The molecule has 0 amide bonds. The summed E-state index contributed by atoms with van der Waals surface area (Å²) in [7, 11) is 1.82. The van der Waals surface area contributed by atoms with Gasteiger partial charge in [0.05, 0.1) is 31.2 Å². The van der Waals surface area contributed by atoms with Crippen LogP contribution in [0.15, 0.2) is 54.0 Å². The monoisotopic (exact) mass is 543 g/mol. The summed E-state index contributed by atoms with van der Waals surface area (Å²) in [5, 5.41) is 26.3. The standard InChI is InChI=1S/C20H26ClN7O.HI/c1-4-22-19(24-14-20(2,29)16-11-25-27(3)13-16)23-9-15-10-26-28(12-15)18-7-5-17(21)6-8-18;/h5-8,10-13,29H,4,9,14H2,1-3H3,(H2,22,23,24);1H. The lowest BCUT2D eigenvalue weighted by atomic mass is 10.00. The highest BCUT2D eigenvalue weighted by Gasteiger charge is 2.25. The molecule has 0 saturated carbocycles. The van der Waals surface area contributed by atoms with Crippen molar-refractivity contribution in [3.8, 4) is 5.69 Å². The Kier molecular flexibility index (Phi) is 8.68. The lowest BCUT2D eigenvalue weighted by Gasteiger charge is -2.23. The summed E-state index contributed by atoms with van der Waals surface area (Å²) in [6, 6.07) is 7.48. The number of hydrogen-bond donors (Lipinski definition) is 3. The smallest absolute Gasteiger partial charge is 0.191 e. The third kappa shape index (κ3) is 6.44. The van der Waals surface area contributed by atoms with Gasteiger partial charge in [-0.15, -0.1) is 24.0 Å². The normalized spacial score (nSPS) is 13.4. The van der Waals surface area contributed by atoms with E-state index in [4.69, 9.17) is 11.6 Å². The predicted octanol–water partition coefficient (Wildman–Crippen LogP) is 2.84. The second-order valence-electron chi connectivity index (χ2n) is 6.99. The number of rotatable bonds is 7. The fraction of sp³-hybridized carbons (Fsp3) is 0.350. The van der Waals surface area contributed by atoms with Crippen molar-refractivity contribution in [2.24, 2.45) is 12.0 Å². The van der Waals surface area contributed by atoms with Crippen molar-refractivity contribution in [1.29, 1.82) is 0 Å². The summed E-state index contributed by atoms with van der Waals surface area (Å²) in [6.07, 6.45) is 7.18. The van der Waals surface area contributed by atoms with Gasteiger partial charge in [-0.3, -0.25) is 4.68 Å². The lowest BCUT2D eigenvalue weighted by Crippen LogP contribution is -2.44. The van der Waals surface area contributed by atoms with Gasteiger partial charge in [-0.2, -0.15) is 10.2 Å². The largest absolute Gasteiger partial charge is 0.383 e. The van der Waals surface area contributed by atoms with Crippen molar-refractivity contribution in [3.63, 3.8) is 0 Å². The van der Waals surface area contributed by atoms with Crippen LogP contribution in [0.1, 0.15) is 25.0 Å². The van der Waals surface area contributed by atoms with Gasteiger partial charge < -0.3 is 15.7 Å². The lowest BCUT2D eigenvalue weighted by molar-refractivity contribution is 0.0616. The Labute approximate surface area is 198 Å². The van der Waals surface area contributed by atoms with Crippen molar-refractivity contribution >= 4 is 41.5 Å². The topological polar surface area (TPSA) is 92.3 Å². The molecule has 2 aromatic heterocycles. The van der Waals surface area contributed by atoms with E-state index >= 15 is 0 Å². The molecule has 30 heavy (non-hydrogen) atoms. The van der Waals surface area contributed by atoms with Gasteiger partial charge in [-0.25, -0.2) is 9.67 Å². The van der Waals surface area contributed by atoms with Gasteiger partial charge in [0.15, 0.2) is 5.96 Å². The molecule has 162 valence electrons. The van der Waals surface area contributed by atoms with E-state index in [1.807, 2.05) is 44.4 Å². The van der Waals surface area contributed by atoms with Gasteiger partial charge in [0.1, 0.15) is 5.60 Å². The van der Waals surface area contributed by atoms with E-state index in [1.54, 1.807) is 34.9 Å². The van der Waals surface area contributed by atoms with Crippen LogP contribution in [0.4, 0.5) is 0 Å². The number of hydrogen-bond acceptors (Lipinski definition) is 4. The van der Waals surface area contributed by atoms with Crippen LogP contribution in [-0.4, -0.2) is 43.7 Å². The van der Waals surface area contributed by atoms with E-state index < -0.39 is 5.60 Å². The minimum atomic E-state index is -1.07. The molecule has 1 unspecified atom stereocenters. The highest BCUT2D eigenvalue weighted by molar-refractivity contribution is 14.0. The van der Waals surface area contributed by atoms with Gasteiger partial charge in [0.25, 0.3) is 0 Å². The number of benzene rings is 1. The van der Waals surface area contributed by atoms with Crippen LogP contribution in [-0.2, 0) is 19.2 Å². The highest BCUT2D eigenvalue weighted by atomic mass is 127. The van der Waals surface area contributed by atoms with Crippen molar-refractivity contribution in [2.45, 2.75) is 26.0 Å². The van der Waals surface area contributed by atoms with E-state index in [0.29, 0.717) is 30.6 Å². The zero-order valence-electron chi connectivity index (χ0n) is 17.2. The molecule has 0 radical (unpaired) electrons. The molecule has 0 saturated heterocycles. The van der Waals surface area contributed by atoms with Crippen LogP contribution in [0.3, 0.4) is 0 Å². The van der Waals surface area contributed by atoms with Crippen molar-refractivity contribution < 1.29 is 5.11 Å². The summed E-state index contributed by atoms with van der Waals surface area (Å²) >= 11 is 5.94. The molecular weight excluding hydrogens is 517 g/mol. The predicted molar refractivity (Wildman–Crippen MR) is 130 cm³/mol. The fourth-order valence-corrected chi connectivity index (χ4v) is 2.87. The zero-order valence-corrected chi connectivity index (χ0v) is 20.3. The first-order valence-corrected chi connectivity index (χ1v) is 9.78. The molecular formula is C20H27ClIN7O. The third-order valence-electron chi connectivity index (χ3n) is 4.42. The van der Waals surface area contributed by atoms with E-state index in [1.165, 1.54) is 0 Å². The number of nitrogens with one attached hydrogen (secondary N) is 2. The van der Waals surface area contributed by atoms with Gasteiger partial charge in [0, 0.05) is 42.1 Å². The first-order valence-electron chi connectivity index (χ1n) is 9.40. The summed E-state index contributed by atoms with van der Waals surface area (Å²) in [5.74, 6) is 0.621. The Balaban J connectivity index is 0.00000320. The molecule has 8 nitrogen and oxygen atoms in total. The molecule has 3 N–H and O–H groups in total. The summed E-state index contributed by atoms with van der Waals surface area (Å²) in [5.41, 5.74) is 1.58. The number of aliphatic imine (C=N–C) groups is 1. The molecule has 0 fully saturated rings. The summed E-state index contributed by atoms with van der Waals surface area (Å²) < 4.78 is 3.45. The summed E-state index contributed by atoms with van der Waals surface area (Å²) in [4.78, 5) is 4.59. The van der Waals surface area contributed by atoms with E-state index in [2.05, 4.69) is 25.8 Å². The number of aromatic nitrogens is 4. The van der Waals surface area contributed by atoms with Gasteiger partial charge in [0.2, 0.25) is 0 Å².